The van der Waals surface area contributed by atoms with Crippen LogP contribution in [0.2, 0.25) is 0 Å². The molecular weight excluding hydrogens is 354 g/mol. The maximum Gasteiger partial charge on any atom is 0.251 e. The van der Waals surface area contributed by atoms with Gasteiger partial charge >= 0.3 is 0 Å². The Labute approximate surface area is 156 Å². The number of ether oxygens (including phenoxy) is 1. The summed E-state index contributed by atoms with van der Waals surface area (Å²) in [7, 11) is -1.84. The molecule has 146 valence electrons. The number of amides is 1. The molecule has 8 heteroatoms. The molecule has 0 aliphatic carbocycles. The molecule has 1 aliphatic rings. The number of rotatable bonds is 9. The van der Waals surface area contributed by atoms with Crippen molar-refractivity contribution in [3.8, 4) is 0 Å². The summed E-state index contributed by atoms with van der Waals surface area (Å²) in [6.07, 6.45) is 3.95. The molecular formula is C18H29N3O4S. The molecule has 7 nitrogen and oxygen atoms in total. The van der Waals surface area contributed by atoms with E-state index < -0.39 is 10.0 Å². The lowest BCUT2D eigenvalue weighted by atomic mass is 10.2. The molecule has 1 saturated heterocycles. The number of sulfonamides is 1. The predicted molar refractivity (Wildman–Crippen MR) is 101 cm³/mol. The number of methoxy groups -OCH3 is 1. The molecule has 26 heavy (non-hydrogen) atoms. The molecule has 0 saturated carbocycles. The molecule has 1 fully saturated rings. The second-order valence-corrected chi connectivity index (χ2v) is 8.28. The number of carbonyl (C=O) groups is 1. The standard InChI is InChI=1S/C18H29N3O4S/c1-25-15-12-19-10-11-20-18(22)16-6-8-17(9-7-16)26(23,24)21-13-4-2-3-5-14-21/h6-9,19H,2-5,10-15H2,1H3,(H,20,22). The van der Waals surface area contributed by atoms with Crippen molar-refractivity contribution in [2.24, 2.45) is 0 Å². The van der Waals surface area contributed by atoms with Gasteiger partial charge < -0.3 is 15.4 Å². The Kier molecular flexibility index (Phi) is 8.50. The van der Waals surface area contributed by atoms with Crippen molar-refractivity contribution in [3.05, 3.63) is 29.8 Å². The lowest BCUT2D eigenvalue weighted by Crippen LogP contribution is -2.33. The summed E-state index contributed by atoms with van der Waals surface area (Å²) in [6.45, 7) is 3.64. The fourth-order valence-electron chi connectivity index (χ4n) is 2.88. The van der Waals surface area contributed by atoms with Crippen molar-refractivity contribution >= 4 is 15.9 Å². The van der Waals surface area contributed by atoms with Gasteiger partial charge in [0.05, 0.1) is 11.5 Å². The first kappa shape index (κ1) is 20.8. The van der Waals surface area contributed by atoms with E-state index in [9.17, 15) is 13.2 Å². The molecule has 0 bridgehead atoms. The molecule has 0 aromatic heterocycles. The van der Waals surface area contributed by atoms with Gasteiger partial charge in [-0.15, -0.1) is 0 Å². The third kappa shape index (κ3) is 6.05. The van der Waals surface area contributed by atoms with E-state index >= 15 is 0 Å². The Morgan fingerprint density at radius 3 is 2.31 bits per heavy atom. The molecule has 0 atom stereocenters. The molecule has 1 aromatic carbocycles. The average molecular weight is 384 g/mol. The molecule has 2 N–H and O–H groups in total. The summed E-state index contributed by atoms with van der Waals surface area (Å²) in [5, 5.41) is 5.94. The monoisotopic (exact) mass is 383 g/mol. The number of carbonyl (C=O) groups excluding carboxylic acids is 1. The Morgan fingerprint density at radius 2 is 1.69 bits per heavy atom. The molecule has 0 spiro atoms. The molecule has 1 amide bonds. The SMILES string of the molecule is COCCNCCNC(=O)c1ccc(S(=O)(=O)N2CCCCCC2)cc1. The lowest BCUT2D eigenvalue weighted by molar-refractivity contribution is 0.0953. The Balaban J connectivity index is 1.89. The van der Waals surface area contributed by atoms with Crippen LogP contribution in [-0.4, -0.2) is 65.1 Å². The lowest BCUT2D eigenvalue weighted by Gasteiger charge is -2.20. The molecule has 1 aliphatic heterocycles. The first-order chi connectivity index (χ1) is 12.6. The van der Waals surface area contributed by atoms with E-state index in [4.69, 9.17) is 4.74 Å². The Hall–Kier alpha value is -1.48. The van der Waals surface area contributed by atoms with Gasteiger partial charge in [0, 0.05) is 45.4 Å². The number of nitrogens with zero attached hydrogens (tertiary/aromatic N) is 1. The van der Waals surface area contributed by atoms with E-state index in [1.165, 1.54) is 12.1 Å². The first-order valence-electron chi connectivity index (χ1n) is 9.14. The summed E-state index contributed by atoms with van der Waals surface area (Å²) in [6, 6.07) is 6.18. The second-order valence-electron chi connectivity index (χ2n) is 6.34. The van der Waals surface area contributed by atoms with Gasteiger partial charge in [-0.25, -0.2) is 8.42 Å². The minimum atomic E-state index is -3.48. The van der Waals surface area contributed by atoms with Crippen molar-refractivity contribution in [2.75, 3.05) is 46.4 Å². The quantitative estimate of drug-likeness (QED) is 0.626. The summed E-state index contributed by atoms with van der Waals surface area (Å²) in [5.74, 6) is -0.211. The van der Waals surface area contributed by atoms with Gasteiger partial charge in [-0.3, -0.25) is 4.79 Å². The van der Waals surface area contributed by atoms with Crippen molar-refractivity contribution in [1.29, 1.82) is 0 Å². The fourth-order valence-corrected chi connectivity index (χ4v) is 4.39. The van der Waals surface area contributed by atoms with Crippen molar-refractivity contribution in [3.63, 3.8) is 0 Å². The van der Waals surface area contributed by atoms with Gasteiger partial charge in [0.1, 0.15) is 0 Å². The fraction of sp³-hybridized carbons (Fsp3) is 0.611. The van der Waals surface area contributed by atoms with Gasteiger partial charge in [-0.2, -0.15) is 4.31 Å². The maximum atomic E-state index is 12.7. The number of hydrogen-bond donors (Lipinski definition) is 2. The van der Waals surface area contributed by atoms with Crippen LogP contribution >= 0.6 is 0 Å². The van der Waals surface area contributed by atoms with Gasteiger partial charge in [0.2, 0.25) is 10.0 Å². The second kappa shape index (κ2) is 10.6. The Morgan fingerprint density at radius 1 is 1.04 bits per heavy atom. The highest BCUT2D eigenvalue weighted by molar-refractivity contribution is 7.89. The Bertz CT molecular complexity index is 654. The smallest absolute Gasteiger partial charge is 0.251 e. The van der Waals surface area contributed by atoms with Crippen molar-refractivity contribution < 1.29 is 17.9 Å². The highest BCUT2D eigenvalue weighted by Crippen LogP contribution is 2.20. The topological polar surface area (TPSA) is 87.7 Å². The zero-order valence-corrected chi connectivity index (χ0v) is 16.2. The van der Waals surface area contributed by atoms with Crippen LogP contribution in [0.25, 0.3) is 0 Å². The third-order valence-electron chi connectivity index (χ3n) is 4.39. The van der Waals surface area contributed by atoms with Gasteiger partial charge in [-0.1, -0.05) is 12.8 Å². The number of nitrogens with one attached hydrogen (secondary N) is 2. The van der Waals surface area contributed by atoms with E-state index in [-0.39, 0.29) is 10.8 Å². The maximum absolute atomic E-state index is 12.7. The zero-order chi connectivity index (χ0) is 18.8. The minimum absolute atomic E-state index is 0.211. The van der Waals surface area contributed by atoms with E-state index in [0.717, 1.165) is 32.2 Å². The number of benzene rings is 1. The molecule has 0 radical (unpaired) electrons. The van der Waals surface area contributed by atoms with Crippen molar-refractivity contribution in [2.45, 2.75) is 30.6 Å². The van der Waals surface area contributed by atoms with Crippen LogP contribution in [0.15, 0.2) is 29.2 Å². The summed E-state index contributed by atoms with van der Waals surface area (Å²) in [4.78, 5) is 12.4. The molecule has 0 unspecified atom stereocenters. The minimum Gasteiger partial charge on any atom is -0.383 e. The molecule has 1 heterocycles. The van der Waals surface area contributed by atoms with Gasteiger partial charge in [0.25, 0.3) is 5.91 Å². The highest BCUT2D eigenvalue weighted by atomic mass is 32.2. The zero-order valence-electron chi connectivity index (χ0n) is 15.4. The number of hydrogen-bond acceptors (Lipinski definition) is 5. The molecule has 1 aromatic rings. The normalized spacial score (nSPS) is 16.2. The predicted octanol–water partition coefficient (Wildman–Crippen LogP) is 1.22. The van der Waals surface area contributed by atoms with Crippen molar-refractivity contribution in [1.82, 2.24) is 14.9 Å². The highest BCUT2D eigenvalue weighted by Gasteiger charge is 2.25. The van der Waals surface area contributed by atoms with E-state index in [2.05, 4.69) is 10.6 Å². The van der Waals surface area contributed by atoms with Gasteiger partial charge in [-0.05, 0) is 37.1 Å². The van der Waals surface area contributed by atoms with Crippen LogP contribution in [0.3, 0.4) is 0 Å². The van der Waals surface area contributed by atoms with E-state index in [0.29, 0.717) is 38.3 Å². The summed E-state index contributed by atoms with van der Waals surface area (Å²) < 4.78 is 31.9. The van der Waals surface area contributed by atoms with E-state index in [1.54, 1.807) is 23.5 Å². The van der Waals surface area contributed by atoms with E-state index in [1.807, 2.05) is 0 Å². The third-order valence-corrected chi connectivity index (χ3v) is 6.30. The van der Waals surface area contributed by atoms with Crippen LogP contribution in [0.4, 0.5) is 0 Å². The molecule has 2 rings (SSSR count). The van der Waals surface area contributed by atoms with Gasteiger partial charge in [0.15, 0.2) is 0 Å². The largest absolute Gasteiger partial charge is 0.383 e. The average Bonchev–Trinajstić information content (AvgIpc) is 2.94. The van der Waals surface area contributed by atoms with Crippen LogP contribution in [0.5, 0.6) is 0 Å². The van der Waals surface area contributed by atoms with Crippen LogP contribution in [0, 0.1) is 0 Å². The summed E-state index contributed by atoms with van der Waals surface area (Å²) >= 11 is 0. The first-order valence-corrected chi connectivity index (χ1v) is 10.6. The van der Waals surface area contributed by atoms with Crippen LogP contribution in [-0.2, 0) is 14.8 Å². The van der Waals surface area contributed by atoms with Crippen LogP contribution < -0.4 is 10.6 Å². The van der Waals surface area contributed by atoms with Crippen LogP contribution in [0.1, 0.15) is 36.0 Å². The summed E-state index contributed by atoms with van der Waals surface area (Å²) in [5.41, 5.74) is 0.455.